The van der Waals surface area contributed by atoms with Crippen molar-refractivity contribution in [3.05, 3.63) is 41.9 Å². The minimum atomic E-state index is -0.452. The molecule has 0 aliphatic carbocycles. The number of amides is 2. The zero-order valence-electron chi connectivity index (χ0n) is 10.3. The molecule has 0 saturated heterocycles. The van der Waals surface area contributed by atoms with Crippen LogP contribution >= 0.6 is 0 Å². The number of rotatable bonds is 3. The minimum Gasteiger partial charge on any atom is -0.314 e. The van der Waals surface area contributed by atoms with Crippen molar-refractivity contribution in [3.8, 4) is 0 Å². The van der Waals surface area contributed by atoms with E-state index in [1.54, 1.807) is 18.3 Å². The van der Waals surface area contributed by atoms with Crippen LogP contribution in [0.5, 0.6) is 0 Å². The summed E-state index contributed by atoms with van der Waals surface area (Å²) in [6, 6.07) is 5.59. The highest BCUT2D eigenvalue weighted by molar-refractivity contribution is 5.89. The lowest BCUT2D eigenvalue weighted by molar-refractivity contribution is 0.255. The summed E-state index contributed by atoms with van der Waals surface area (Å²) in [4.78, 5) is 11.5. The number of para-hydroxylation sites is 1. The third-order valence-electron chi connectivity index (χ3n) is 2.46. The maximum absolute atomic E-state index is 13.2. The Hall–Kier alpha value is -1.84. The molecule has 2 N–H and O–H groups in total. The number of benzene rings is 1. The molecule has 2 amide bonds. The van der Waals surface area contributed by atoms with Crippen molar-refractivity contribution in [2.75, 3.05) is 5.32 Å². The number of halogens is 1. The SMILES string of the molecule is C/C(=C\NC(=O)Nc1ccccc1F)C(C)C. The summed E-state index contributed by atoms with van der Waals surface area (Å²) in [5, 5.41) is 5.00. The number of hydrogen-bond acceptors (Lipinski definition) is 1. The fraction of sp³-hybridized carbons (Fsp3) is 0.308. The summed E-state index contributed by atoms with van der Waals surface area (Å²) in [5.41, 5.74) is 1.22. The van der Waals surface area contributed by atoms with Gasteiger partial charge in [-0.2, -0.15) is 0 Å². The van der Waals surface area contributed by atoms with Gasteiger partial charge in [-0.1, -0.05) is 31.6 Å². The molecule has 0 unspecified atom stereocenters. The van der Waals surface area contributed by atoms with Crippen LogP contribution in [-0.2, 0) is 0 Å². The predicted octanol–water partition coefficient (Wildman–Crippen LogP) is 3.51. The van der Waals surface area contributed by atoms with Crippen molar-refractivity contribution in [2.24, 2.45) is 5.92 Å². The zero-order chi connectivity index (χ0) is 12.8. The van der Waals surface area contributed by atoms with E-state index in [9.17, 15) is 9.18 Å². The molecule has 0 saturated carbocycles. The number of nitrogens with one attached hydrogen (secondary N) is 2. The lowest BCUT2D eigenvalue weighted by Crippen LogP contribution is -2.25. The molecule has 92 valence electrons. The Morgan fingerprint density at radius 3 is 2.59 bits per heavy atom. The summed E-state index contributed by atoms with van der Waals surface area (Å²) in [7, 11) is 0. The second kappa shape index (κ2) is 6.03. The van der Waals surface area contributed by atoms with E-state index in [2.05, 4.69) is 10.6 Å². The first-order valence-electron chi connectivity index (χ1n) is 5.49. The van der Waals surface area contributed by atoms with Crippen LogP contribution in [0.4, 0.5) is 14.9 Å². The van der Waals surface area contributed by atoms with Crippen molar-refractivity contribution in [2.45, 2.75) is 20.8 Å². The third kappa shape index (κ3) is 4.26. The quantitative estimate of drug-likeness (QED) is 0.828. The van der Waals surface area contributed by atoms with Crippen LogP contribution in [0.25, 0.3) is 0 Å². The van der Waals surface area contributed by atoms with E-state index in [0.717, 1.165) is 5.57 Å². The van der Waals surface area contributed by atoms with E-state index in [-0.39, 0.29) is 5.69 Å². The first-order valence-corrected chi connectivity index (χ1v) is 5.49. The molecule has 0 heterocycles. The summed E-state index contributed by atoms with van der Waals surface area (Å²) < 4.78 is 13.2. The van der Waals surface area contributed by atoms with Gasteiger partial charge in [0.15, 0.2) is 0 Å². The largest absolute Gasteiger partial charge is 0.323 e. The summed E-state index contributed by atoms with van der Waals surface area (Å²) in [6.45, 7) is 5.98. The highest BCUT2D eigenvalue weighted by Crippen LogP contribution is 2.12. The van der Waals surface area contributed by atoms with Gasteiger partial charge < -0.3 is 10.6 Å². The van der Waals surface area contributed by atoms with Gasteiger partial charge in [-0.3, -0.25) is 0 Å². The van der Waals surface area contributed by atoms with E-state index in [0.29, 0.717) is 5.92 Å². The lowest BCUT2D eigenvalue weighted by atomic mass is 10.1. The van der Waals surface area contributed by atoms with E-state index in [4.69, 9.17) is 0 Å². The molecule has 3 nitrogen and oxygen atoms in total. The van der Waals surface area contributed by atoms with Gasteiger partial charge in [-0.25, -0.2) is 9.18 Å². The monoisotopic (exact) mass is 236 g/mol. The number of carbonyl (C=O) groups is 1. The van der Waals surface area contributed by atoms with Crippen LogP contribution in [0, 0.1) is 11.7 Å². The molecule has 4 heteroatoms. The number of allylic oxidation sites excluding steroid dienone is 1. The van der Waals surface area contributed by atoms with Crippen molar-refractivity contribution >= 4 is 11.7 Å². The van der Waals surface area contributed by atoms with Gasteiger partial charge in [0.25, 0.3) is 0 Å². The first-order chi connectivity index (χ1) is 8.00. The van der Waals surface area contributed by atoms with Crippen molar-refractivity contribution in [1.82, 2.24) is 5.32 Å². The van der Waals surface area contributed by atoms with Crippen LogP contribution in [0.2, 0.25) is 0 Å². The topological polar surface area (TPSA) is 41.1 Å². The molecule has 0 spiro atoms. The van der Waals surface area contributed by atoms with Gasteiger partial charge in [0.1, 0.15) is 5.82 Å². The Balaban J connectivity index is 2.57. The van der Waals surface area contributed by atoms with Gasteiger partial charge >= 0.3 is 6.03 Å². The van der Waals surface area contributed by atoms with Crippen LogP contribution in [-0.4, -0.2) is 6.03 Å². The Labute approximate surface area is 101 Å². The fourth-order valence-corrected chi connectivity index (χ4v) is 1.07. The summed E-state index contributed by atoms with van der Waals surface area (Å²) in [6.07, 6.45) is 1.63. The van der Waals surface area contributed by atoms with E-state index < -0.39 is 11.8 Å². The molecule has 17 heavy (non-hydrogen) atoms. The summed E-state index contributed by atoms with van der Waals surface area (Å²) in [5.74, 6) is -0.0871. The number of carbonyl (C=O) groups excluding carboxylic acids is 1. The molecule has 0 bridgehead atoms. The molecule has 0 atom stereocenters. The van der Waals surface area contributed by atoms with Crippen molar-refractivity contribution in [3.63, 3.8) is 0 Å². The predicted molar refractivity (Wildman–Crippen MR) is 67.1 cm³/mol. The Morgan fingerprint density at radius 1 is 1.35 bits per heavy atom. The maximum Gasteiger partial charge on any atom is 0.323 e. The number of urea groups is 1. The maximum atomic E-state index is 13.2. The molecule has 0 aliphatic rings. The van der Waals surface area contributed by atoms with Gasteiger partial charge in [0, 0.05) is 6.20 Å². The smallest absolute Gasteiger partial charge is 0.314 e. The standard InChI is InChI=1S/C13H17FN2O/c1-9(2)10(3)8-15-13(17)16-12-7-5-4-6-11(12)14/h4-9H,1-3H3,(H2,15,16,17)/b10-8+. The Kier molecular flexibility index (Phi) is 4.69. The number of hydrogen-bond donors (Lipinski definition) is 2. The number of anilines is 1. The van der Waals surface area contributed by atoms with Crippen LogP contribution in [0.15, 0.2) is 36.0 Å². The minimum absolute atomic E-state index is 0.167. The summed E-state index contributed by atoms with van der Waals surface area (Å²) >= 11 is 0. The second-order valence-electron chi connectivity index (χ2n) is 4.12. The molecular weight excluding hydrogens is 219 g/mol. The van der Waals surface area contributed by atoms with Crippen LogP contribution < -0.4 is 10.6 Å². The Bertz CT molecular complexity index is 427. The van der Waals surface area contributed by atoms with Gasteiger partial charge in [0.05, 0.1) is 5.69 Å². The van der Waals surface area contributed by atoms with Crippen molar-refractivity contribution in [1.29, 1.82) is 0 Å². The fourth-order valence-electron chi connectivity index (χ4n) is 1.07. The molecule has 0 fully saturated rings. The molecule has 0 radical (unpaired) electrons. The molecular formula is C13H17FN2O. The van der Waals surface area contributed by atoms with Crippen molar-refractivity contribution < 1.29 is 9.18 Å². The molecule has 0 aliphatic heterocycles. The molecule has 1 rings (SSSR count). The van der Waals surface area contributed by atoms with Gasteiger partial charge in [-0.15, -0.1) is 0 Å². The van der Waals surface area contributed by atoms with E-state index >= 15 is 0 Å². The molecule has 1 aromatic carbocycles. The van der Waals surface area contributed by atoms with E-state index in [1.165, 1.54) is 12.1 Å². The third-order valence-corrected chi connectivity index (χ3v) is 2.46. The van der Waals surface area contributed by atoms with Crippen LogP contribution in [0.1, 0.15) is 20.8 Å². The normalized spacial score (nSPS) is 11.5. The second-order valence-corrected chi connectivity index (χ2v) is 4.12. The zero-order valence-corrected chi connectivity index (χ0v) is 10.3. The lowest BCUT2D eigenvalue weighted by Gasteiger charge is -2.08. The van der Waals surface area contributed by atoms with Gasteiger partial charge in [-0.05, 0) is 25.0 Å². The van der Waals surface area contributed by atoms with Crippen LogP contribution in [0.3, 0.4) is 0 Å². The molecule has 1 aromatic rings. The van der Waals surface area contributed by atoms with E-state index in [1.807, 2.05) is 20.8 Å². The highest BCUT2D eigenvalue weighted by atomic mass is 19.1. The molecule has 0 aromatic heterocycles. The average molecular weight is 236 g/mol. The Morgan fingerprint density at radius 2 is 2.00 bits per heavy atom. The average Bonchev–Trinajstić information content (AvgIpc) is 2.29. The first kappa shape index (κ1) is 13.2. The highest BCUT2D eigenvalue weighted by Gasteiger charge is 2.04. The van der Waals surface area contributed by atoms with Gasteiger partial charge in [0.2, 0.25) is 0 Å².